The number of hydrogen-bond acceptors (Lipinski definition) is 4. The van der Waals surface area contributed by atoms with E-state index in [1.165, 1.54) is 12.3 Å². The van der Waals surface area contributed by atoms with Crippen molar-refractivity contribution in [3.05, 3.63) is 29.8 Å². The van der Waals surface area contributed by atoms with Gasteiger partial charge >= 0.3 is 0 Å². The molecule has 0 fully saturated rings. The van der Waals surface area contributed by atoms with Gasteiger partial charge in [0.05, 0.1) is 24.5 Å². The second kappa shape index (κ2) is 7.67. The molecular formula is C15H26FN3O. The van der Waals surface area contributed by atoms with E-state index in [-0.39, 0.29) is 24.0 Å². The van der Waals surface area contributed by atoms with Crippen LogP contribution in [-0.4, -0.2) is 47.3 Å². The first-order chi connectivity index (χ1) is 9.40. The molecule has 0 spiro atoms. The Balaban J connectivity index is 2.66. The SMILES string of the molecule is CCNC(CCN(C)C(C)(C)CO)c1ccc(F)cn1. The molecule has 1 heterocycles. The number of aromatic nitrogens is 1. The Morgan fingerprint density at radius 1 is 1.45 bits per heavy atom. The zero-order valence-corrected chi connectivity index (χ0v) is 12.9. The summed E-state index contributed by atoms with van der Waals surface area (Å²) in [7, 11) is 2.00. The molecule has 1 rings (SSSR count). The monoisotopic (exact) mass is 283 g/mol. The van der Waals surface area contributed by atoms with Crippen molar-refractivity contribution in [2.24, 2.45) is 0 Å². The van der Waals surface area contributed by atoms with Crippen molar-refractivity contribution in [3.8, 4) is 0 Å². The van der Waals surface area contributed by atoms with Crippen molar-refractivity contribution in [1.82, 2.24) is 15.2 Å². The summed E-state index contributed by atoms with van der Waals surface area (Å²) in [5.41, 5.74) is 0.607. The predicted octanol–water partition coefficient (Wildman–Crippen LogP) is 1.96. The van der Waals surface area contributed by atoms with Crippen molar-refractivity contribution < 1.29 is 9.50 Å². The highest BCUT2D eigenvalue weighted by Crippen LogP contribution is 2.18. The second-order valence-corrected chi connectivity index (χ2v) is 5.69. The van der Waals surface area contributed by atoms with Crippen LogP contribution in [0.4, 0.5) is 4.39 Å². The number of aliphatic hydroxyl groups excluding tert-OH is 1. The van der Waals surface area contributed by atoms with Gasteiger partial charge in [-0.2, -0.15) is 0 Å². The summed E-state index contributed by atoms with van der Waals surface area (Å²) in [6.07, 6.45) is 2.10. The Bertz CT molecular complexity index is 395. The van der Waals surface area contributed by atoms with E-state index in [0.29, 0.717) is 0 Å². The Morgan fingerprint density at radius 3 is 2.65 bits per heavy atom. The molecule has 0 aromatic carbocycles. The van der Waals surface area contributed by atoms with Crippen LogP contribution >= 0.6 is 0 Å². The lowest BCUT2D eigenvalue weighted by atomic mass is 10.0. The molecule has 1 aromatic heterocycles. The summed E-state index contributed by atoms with van der Waals surface area (Å²) in [6, 6.07) is 3.26. The molecule has 0 aliphatic rings. The number of hydrogen-bond donors (Lipinski definition) is 2. The maximum Gasteiger partial charge on any atom is 0.141 e. The fourth-order valence-electron chi connectivity index (χ4n) is 1.94. The summed E-state index contributed by atoms with van der Waals surface area (Å²) in [5, 5.41) is 12.7. The third-order valence-corrected chi connectivity index (χ3v) is 3.73. The van der Waals surface area contributed by atoms with Crippen LogP contribution in [0.15, 0.2) is 18.3 Å². The molecule has 2 N–H and O–H groups in total. The molecule has 1 atom stereocenters. The quantitative estimate of drug-likeness (QED) is 0.766. The van der Waals surface area contributed by atoms with Crippen LogP contribution in [0.5, 0.6) is 0 Å². The minimum atomic E-state index is -0.317. The minimum Gasteiger partial charge on any atom is -0.394 e. The van der Waals surface area contributed by atoms with Crippen molar-refractivity contribution in [2.75, 3.05) is 26.7 Å². The fraction of sp³-hybridized carbons (Fsp3) is 0.667. The predicted molar refractivity (Wildman–Crippen MR) is 79.0 cm³/mol. The number of nitrogens with zero attached hydrogens (tertiary/aromatic N) is 2. The molecule has 0 aliphatic heterocycles. The highest BCUT2D eigenvalue weighted by molar-refractivity contribution is 5.10. The Hall–Kier alpha value is -1.04. The van der Waals surface area contributed by atoms with Gasteiger partial charge in [-0.1, -0.05) is 6.92 Å². The van der Waals surface area contributed by atoms with Crippen LogP contribution in [0.2, 0.25) is 0 Å². The van der Waals surface area contributed by atoms with Crippen LogP contribution in [0.25, 0.3) is 0 Å². The maximum atomic E-state index is 12.9. The average molecular weight is 283 g/mol. The van der Waals surface area contributed by atoms with Crippen LogP contribution in [0.3, 0.4) is 0 Å². The molecule has 1 unspecified atom stereocenters. The largest absolute Gasteiger partial charge is 0.394 e. The van der Waals surface area contributed by atoms with Crippen LogP contribution < -0.4 is 5.32 Å². The molecule has 20 heavy (non-hydrogen) atoms. The van der Waals surface area contributed by atoms with E-state index in [0.717, 1.165) is 25.2 Å². The summed E-state index contributed by atoms with van der Waals surface area (Å²) in [4.78, 5) is 6.28. The second-order valence-electron chi connectivity index (χ2n) is 5.69. The molecule has 0 aliphatic carbocycles. The summed E-state index contributed by atoms with van der Waals surface area (Å²) in [5.74, 6) is -0.317. The van der Waals surface area contributed by atoms with E-state index in [9.17, 15) is 9.50 Å². The van der Waals surface area contributed by atoms with Crippen molar-refractivity contribution in [1.29, 1.82) is 0 Å². The first-order valence-corrected chi connectivity index (χ1v) is 7.07. The van der Waals surface area contributed by atoms with Gasteiger partial charge in [-0.25, -0.2) is 4.39 Å². The molecule has 5 heteroatoms. The Morgan fingerprint density at radius 2 is 2.15 bits per heavy atom. The lowest BCUT2D eigenvalue weighted by Crippen LogP contribution is -2.45. The molecular weight excluding hydrogens is 257 g/mol. The van der Waals surface area contributed by atoms with Crippen LogP contribution in [0.1, 0.15) is 38.9 Å². The lowest BCUT2D eigenvalue weighted by Gasteiger charge is -2.34. The maximum absolute atomic E-state index is 12.9. The third-order valence-electron chi connectivity index (χ3n) is 3.73. The zero-order chi connectivity index (χ0) is 15.2. The molecule has 0 saturated heterocycles. The smallest absolute Gasteiger partial charge is 0.141 e. The molecule has 4 nitrogen and oxygen atoms in total. The Kier molecular flexibility index (Phi) is 6.52. The number of likely N-dealkylation sites (N-methyl/N-ethyl adjacent to an activating group) is 1. The van der Waals surface area contributed by atoms with E-state index < -0.39 is 0 Å². The molecule has 0 saturated carbocycles. The average Bonchev–Trinajstić information content (AvgIpc) is 2.44. The number of rotatable bonds is 8. The van der Waals surface area contributed by atoms with Gasteiger partial charge in [0.1, 0.15) is 5.82 Å². The van der Waals surface area contributed by atoms with Crippen molar-refractivity contribution >= 4 is 0 Å². The van der Waals surface area contributed by atoms with E-state index in [2.05, 4.69) is 15.2 Å². The first kappa shape index (κ1) is 17.0. The summed E-state index contributed by atoms with van der Waals surface area (Å²) < 4.78 is 12.9. The van der Waals surface area contributed by atoms with Gasteiger partial charge in [-0.3, -0.25) is 9.88 Å². The van der Waals surface area contributed by atoms with Crippen LogP contribution in [0, 0.1) is 5.82 Å². The summed E-state index contributed by atoms with van der Waals surface area (Å²) in [6.45, 7) is 7.82. The Labute approximate surface area is 121 Å². The normalized spacial score (nSPS) is 13.8. The van der Waals surface area contributed by atoms with E-state index >= 15 is 0 Å². The highest BCUT2D eigenvalue weighted by Gasteiger charge is 2.23. The molecule has 114 valence electrons. The first-order valence-electron chi connectivity index (χ1n) is 7.07. The minimum absolute atomic E-state index is 0.0949. The van der Waals surface area contributed by atoms with Gasteiger partial charge in [0.15, 0.2) is 0 Å². The fourth-order valence-corrected chi connectivity index (χ4v) is 1.94. The van der Waals surface area contributed by atoms with E-state index in [1.807, 2.05) is 27.8 Å². The number of nitrogens with one attached hydrogen (secondary N) is 1. The standard InChI is InChI=1S/C15H26FN3O/c1-5-17-14(13-7-6-12(16)10-18-13)8-9-19(4)15(2,3)11-20/h6-7,10,14,17,20H,5,8-9,11H2,1-4H3. The van der Waals surface area contributed by atoms with Gasteiger partial charge in [0.2, 0.25) is 0 Å². The number of halogens is 1. The van der Waals surface area contributed by atoms with Crippen molar-refractivity contribution in [2.45, 2.75) is 38.8 Å². The zero-order valence-electron chi connectivity index (χ0n) is 12.9. The lowest BCUT2D eigenvalue weighted by molar-refractivity contribution is 0.0757. The van der Waals surface area contributed by atoms with Gasteiger partial charge < -0.3 is 10.4 Å². The number of pyridine rings is 1. The molecule has 1 aromatic rings. The number of aliphatic hydroxyl groups is 1. The van der Waals surface area contributed by atoms with Gasteiger partial charge in [-0.05, 0) is 46.0 Å². The van der Waals surface area contributed by atoms with Crippen molar-refractivity contribution in [3.63, 3.8) is 0 Å². The van der Waals surface area contributed by atoms with Gasteiger partial charge in [-0.15, -0.1) is 0 Å². The topological polar surface area (TPSA) is 48.4 Å². The van der Waals surface area contributed by atoms with E-state index in [4.69, 9.17) is 0 Å². The molecule has 0 radical (unpaired) electrons. The van der Waals surface area contributed by atoms with Crippen LogP contribution in [-0.2, 0) is 0 Å². The van der Waals surface area contributed by atoms with Gasteiger partial charge in [0.25, 0.3) is 0 Å². The van der Waals surface area contributed by atoms with Gasteiger partial charge in [0, 0.05) is 12.1 Å². The molecule has 0 bridgehead atoms. The van der Waals surface area contributed by atoms with E-state index in [1.54, 1.807) is 6.07 Å². The highest BCUT2D eigenvalue weighted by atomic mass is 19.1. The molecule has 0 amide bonds. The third kappa shape index (κ3) is 4.81. The summed E-state index contributed by atoms with van der Waals surface area (Å²) >= 11 is 0.